The van der Waals surface area contributed by atoms with E-state index in [1.54, 1.807) is 19.1 Å². The first-order chi connectivity index (χ1) is 8.83. The summed E-state index contributed by atoms with van der Waals surface area (Å²) in [6, 6.07) is 7.27. The Morgan fingerprint density at radius 3 is 2.32 bits per heavy atom. The number of hydrogen-bond donors (Lipinski definition) is 0. The van der Waals surface area contributed by atoms with E-state index in [-0.39, 0.29) is 5.97 Å². The number of para-hydroxylation sites is 2. The predicted molar refractivity (Wildman–Crippen MR) is 73.5 cm³/mol. The Labute approximate surface area is 114 Å². The van der Waals surface area contributed by atoms with E-state index in [0.717, 1.165) is 0 Å². The second-order valence-corrected chi connectivity index (χ2v) is 5.17. The van der Waals surface area contributed by atoms with E-state index < -0.39 is 11.7 Å². The molecule has 0 aliphatic carbocycles. The Hall–Kier alpha value is -1.71. The second-order valence-electron chi connectivity index (χ2n) is 5.17. The van der Waals surface area contributed by atoms with Crippen molar-refractivity contribution in [3.05, 3.63) is 24.3 Å². The van der Waals surface area contributed by atoms with Crippen molar-refractivity contribution >= 4 is 5.97 Å². The minimum absolute atomic E-state index is 0.390. The lowest BCUT2D eigenvalue weighted by Gasteiger charge is -2.23. The van der Waals surface area contributed by atoms with Crippen molar-refractivity contribution in [3.63, 3.8) is 0 Å². The molecule has 1 rings (SSSR count). The SMILES string of the molecule is CCOc1ccccc1OC(C)C(=O)OC(C)(C)C. The van der Waals surface area contributed by atoms with Crippen molar-refractivity contribution in [2.45, 2.75) is 46.3 Å². The molecule has 0 radical (unpaired) electrons. The van der Waals surface area contributed by atoms with Crippen LogP contribution in [0.2, 0.25) is 0 Å². The summed E-state index contributed by atoms with van der Waals surface area (Å²) in [5.74, 6) is 0.780. The van der Waals surface area contributed by atoms with E-state index in [4.69, 9.17) is 14.2 Å². The summed E-state index contributed by atoms with van der Waals surface area (Å²) in [7, 11) is 0. The molecule has 0 spiro atoms. The van der Waals surface area contributed by atoms with Crippen molar-refractivity contribution in [2.24, 2.45) is 0 Å². The van der Waals surface area contributed by atoms with Crippen LogP contribution in [-0.2, 0) is 9.53 Å². The first kappa shape index (κ1) is 15.3. The molecule has 1 unspecified atom stereocenters. The van der Waals surface area contributed by atoms with Crippen LogP contribution in [0, 0.1) is 0 Å². The van der Waals surface area contributed by atoms with Crippen molar-refractivity contribution in [2.75, 3.05) is 6.61 Å². The highest BCUT2D eigenvalue weighted by Gasteiger charge is 2.23. The molecule has 0 amide bonds. The summed E-state index contributed by atoms with van der Waals surface area (Å²) >= 11 is 0. The van der Waals surface area contributed by atoms with Gasteiger partial charge in [0.1, 0.15) is 5.60 Å². The third-order valence-corrected chi connectivity index (χ3v) is 2.19. The molecule has 1 atom stereocenters. The average molecular weight is 266 g/mol. The van der Waals surface area contributed by atoms with Gasteiger partial charge in [-0.15, -0.1) is 0 Å². The number of carbonyl (C=O) groups is 1. The molecule has 0 N–H and O–H groups in total. The van der Waals surface area contributed by atoms with Crippen LogP contribution >= 0.6 is 0 Å². The van der Waals surface area contributed by atoms with Gasteiger partial charge in [0.25, 0.3) is 0 Å². The first-order valence-corrected chi connectivity index (χ1v) is 6.45. The molecular formula is C15H22O4. The van der Waals surface area contributed by atoms with Crippen molar-refractivity contribution in [1.82, 2.24) is 0 Å². The zero-order valence-electron chi connectivity index (χ0n) is 12.2. The number of carbonyl (C=O) groups excluding carboxylic acids is 1. The normalized spacial score (nSPS) is 12.7. The van der Waals surface area contributed by atoms with Crippen LogP contribution in [0.3, 0.4) is 0 Å². The Morgan fingerprint density at radius 1 is 1.21 bits per heavy atom. The molecule has 0 aromatic heterocycles. The monoisotopic (exact) mass is 266 g/mol. The van der Waals surface area contributed by atoms with Gasteiger partial charge in [-0.3, -0.25) is 0 Å². The summed E-state index contributed by atoms with van der Waals surface area (Å²) in [6.45, 7) is 9.58. The van der Waals surface area contributed by atoms with Crippen LogP contribution in [0.5, 0.6) is 11.5 Å². The maximum absolute atomic E-state index is 11.8. The van der Waals surface area contributed by atoms with Crippen molar-refractivity contribution in [1.29, 1.82) is 0 Å². The average Bonchev–Trinajstić information content (AvgIpc) is 2.29. The molecule has 4 nitrogen and oxygen atoms in total. The van der Waals surface area contributed by atoms with Gasteiger partial charge < -0.3 is 14.2 Å². The number of benzene rings is 1. The summed E-state index contributed by atoms with van der Waals surface area (Å²) < 4.78 is 16.3. The zero-order chi connectivity index (χ0) is 14.5. The van der Waals surface area contributed by atoms with Crippen LogP contribution in [-0.4, -0.2) is 24.3 Å². The lowest BCUT2D eigenvalue weighted by molar-refractivity contribution is -0.162. The summed E-state index contributed by atoms with van der Waals surface area (Å²) in [4.78, 5) is 11.8. The zero-order valence-corrected chi connectivity index (χ0v) is 12.2. The third kappa shape index (κ3) is 5.20. The minimum atomic E-state index is -0.680. The summed E-state index contributed by atoms with van der Waals surface area (Å²) in [6.07, 6.45) is -0.680. The van der Waals surface area contributed by atoms with Gasteiger partial charge in [-0.2, -0.15) is 0 Å². The number of ether oxygens (including phenoxy) is 3. The molecule has 106 valence electrons. The highest BCUT2D eigenvalue weighted by molar-refractivity contribution is 5.75. The fourth-order valence-corrected chi connectivity index (χ4v) is 1.45. The molecule has 4 heteroatoms. The van der Waals surface area contributed by atoms with Crippen LogP contribution in [0.15, 0.2) is 24.3 Å². The van der Waals surface area contributed by atoms with Gasteiger partial charge in [0, 0.05) is 0 Å². The van der Waals surface area contributed by atoms with E-state index in [1.807, 2.05) is 39.8 Å². The molecule has 0 fully saturated rings. The van der Waals surface area contributed by atoms with Crippen LogP contribution in [0.1, 0.15) is 34.6 Å². The minimum Gasteiger partial charge on any atom is -0.490 e. The fraction of sp³-hybridized carbons (Fsp3) is 0.533. The Morgan fingerprint density at radius 2 is 1.79 bits per heavy atom. The Bertz CT molecular complexity index is 420. The van der Waals surface area contributed by atoms with Gasteiger partial charge in [0.05, 0.1) is 6.61 Å². The maximum Gasteiger partial charge on any atom is 0.347 e. The molecule has 1 aromatic carbocycles. The molecule has 0 saturated carbocycles. The fourth-order valence-electron chi connectivity index (χ4n) is 1.45. The van der Waals surface area contributed by atoms with E-state index >= 15 is 0 Å². The third-order valence-electron chi connectivity index (χ3n) is 2.19. The Kier molecular flexibility index (Phi) is 5.21. The topological polar surface area (TPSA) is 44.8 Å². The van der Waals surface area contributed by atoms with Crippen molar-refractivity contribution < 1.29 is 19.0 Å². The molecule has 0 bridgehead atoms. The highest BCUT2D eigenvalue weighted by atomic mass is 16.6. The maximum atomic E-state index is 11.8. The Balaban J connectivity index is 2.71. The van der Waals surface area contributed by atoms with Gasteiger partial charge in [-0.1, -0.05) is 12.1 Å². The quantitative estimate of drug-likeness (QED) is 0.768. The molecule has 0 saturated heterocycles. The van der Waals surface area contributed by atoms with E-state index in [1.165, 1.54) is 0 Å². The van der Waals surface area contributed by atoms with Crippen LogP contribution < -0.4 is 9.47 Å². The first-order valence-electron chi connectivity index (χ1n) is 6.45. The number of esters is 1. The van der Waals surface area contributed by atoms with E-state index in [0.29, 0.717) is 18.1 Å². The summed E-state index contributed by atoms with van der Waals surface area (Å²) in [5.41, 5.74) is -0.520. The molecule has 0 aliphatic heterocycles. The number of rotatable bonds is 5. The molecular weight excluding hydrogens is 244 g/mol. The van der Waals surface area contributed by atoms with Gasteiger partial charge in [0.15, 0.2) is 17.6 Å². The van der Waals surface area contributed by atoms with Crippen molar-refractivity contribution in [3.8, 4) is 11.5 Å². The smallest absolute Gasteiger partial charge is 0.347 e. The summed E-state index contributed by atoms with van der Waals surface area (Å²) in [5, 5.41) is 0. The molecule has 1 aromatic rings. The largest absolute Gasteiger partial charge is 0.490 e. The van der Waals surface area contributed by atoms with Crippen LogP contribution in [0.25, 0.3) is 0 Å². The van der Waals surface area contributed by atoms with Gasteiger partial charge >= 0.3 is 5.97 Å². The molecule has 0 aliphatic rings. The molecule has 0 heterocycles. The van der Waals surface area contributed by atoms with E-state index in [2.05, 4.69) is 0 Å². The van der Waals surface area contributed by atoms with Crippen LogP contribution in [0.4, 0.5) is 0 Å². The second kappa shape index (κ2) is 6.45. The van der Waals surface area contributed by atoms with Gasteiger partial charge in [-0.25, -0.2) is 4.79 Å². The highest BCUT2D eigenvalue weighted by Crippen LogP contribution is 2.27. The van der Waals surface area contributed by atoms with E-state index in [9.17, 15) is 4.79 Å². The predicted octanol–water partition coefficient (Wildman–Crippen LogP) is 3.19. The molecule has 19 heavy (non-hydrogen) atoms. The lowest BCUT2D eigenvalue weighted by atomic mass is 10.2. The van der Waals surface area contributed by atoms with Gasteiger partial charge in [0.2, 0.25) is 0 Å². The lowest BCUT2D eigenvalue weighted by Crippen LogP contribution is -2.33. The number of hydrogen-bond acceptors (Lipinski definition) is 4. The standard InChI is InChI=1S/C15H22O4/c1-6-17-12-9-7-8-10-13(12)18-11(2)14(16)19-15(3,4)5/h7-11H,6H2,1-5H3. The van der Waals surface area contributed by atoms with Gasteiger partial charge in [-0.05, 0) is 46.8 Å².